The van der Waals surface area contributed by atoms with E-state index in [0.717, 1.165) is 36.4 Å². The molecule has 4 rings (SSSR count). The highest BCUT2D eigenvalue weighted by atomic mass is 16.5. The zero-order chi connectivity index (χ0) is 22.7. The average Bonchev–Trinajstić information content (AvgIpc) is 3.17. The maximum atomic E-state index is 12.3. The summed E-state index contributed by atoms with van der Waals surface area (Å²) in [6.07, 6.45) is 3.60. The second-order valence-electron chi connectivity index (χ2n) is 7.79. The van der Waals surface area contributed by atoms with Gasteiger partial charge >= 0.3 is 0 Å². The van der Waals surface area contributed by atoms with Crippen LogP contribution in [0.2, 0.25) is 0 Å². The average molecular weight is 430 g/mol. The molecule has 1 aliphatic heterocycles. The van der Waals surface area contributed by atoms with E-state index in [4.69, 9.17) is 21.3 Å². The maximum Gasteiger partial charge on any atom is 0.254 e. The number of amides is 1. The van der Waals surface area contributed by atoms with Crippen molar-refractivity contribution in [1.29, 1.82) is 0 Å². The summed E-state index contributed by atoms with van der Waals surface area (Å²) in [5, 5.41) is 4.73. The van der Waals surface area contributed by atoms with Crippen LogP contribution in [0.1, 0.15) is 29.2 Å². The van der Waals surface area contributed by atoms with E-state index >= 15 is 0 Å². The van der Waals surface area contributed by atoms with Crippen LogP contribution in [-0.4, -0.2) is 33.7 Å². The number of aromatic nitrogens is 2. The fraction of sp³-hybridized carbons (Fsp3) is 0.200. The van der Waals surface area contributed by atoms with Gasteiger partial charge < -0.3 is 21.1 Å². The van der Waals surface area contributed by atoms with Gasteiger partial charge in [-0.2, -0.15) is 5.10 Å². The van der Waals surface area contributed by atoms with Crippen molar-refractivity contribution in [1.82, 2.24) is 14.7 Å². The van der Waals surface area contributed by atoms with Gasteiger partial charge in [-0.1, -0.05) is 31.4 Å². The molecule has 1 unspecified atom stereocenters. The summed E-state index contributed by atoms with van der Waals surface area (Å²) in [5.74, 6) is 1.11. The van der Waals surface area contributed by atoms with E-state index in [0.29, 0.717) is 18.0 Å². The Kier molecular flexibility index (Phi) is 5.98. The summed E-state index contributed by atoms with van der Waals surface area (Å²) in [5.41, 5.74) is 14.4. The van der Waals surface area contributed by atoms with Crippen molar-refractivity contribution in [3.63, 3.8) is 0 Å². The number of anilines is 1. The fourth-order valence-electron chi connectivity index (χ4n) is 4.02. The van der Waals surface area contributed by atoms with Crippen molar-refractivity contribution in [3.8, 4) is 22.8 Å². The summed E-state index contributed by atoms with van der Waals surface area (Å²) in [6, 6.07) is 16.9. The van der Waals surface area contributed by atoms with Crippen molar-refractivity contribution >= 4 is 11.7 Å². The van der Waals surface area contributed by atoms with E-state index in [9.17, 15) is 4.79 Å². The number of nitrogens with two attached hydrogens (primary N) is 2. The molecule has 7 heteroatoms. The zero-order valence-electron chi connectivity index (χ0n) is 17.9. The normalized spacial score (nSPS) is 15.9. The summed E-state index contributed by atoms with van der Waals surface area (Å²) in [7, 11) is 0. The molecule has 164 valence electrons. The Hall–Kier alpha value is -4.00. The van der Waals surface area contributed by atoms with E-state index in [1.165, 1.54) is 0 Å². The van der Waals surface area contributed by atoms with E-state index in [2.05, 4.69) is 18.1 Å². The van der Waals surface area contributed by atoms with Gasteiger partial charge in [0.05, 0.1) is 6.04 Å². The lowest BCUT2D eigenvalue weighted by molar-refractivity contribution is 0.100. The van der Waals surface area contributed by atoms with Crippen molar-refractivity contribution in [2.75, 3.05) is 18.8 Å². The number of primary amides is 1. The number of ether oxygens (including phenoxy) is 1. The molecule has 0 spiro atoms. The number of rotatable bonds is 7. The highest BCUT2D eigenvalue weighted by molar-refractivity contribution is 6.03. The molecule has 1 saturated heterocycles. The highest BCUT2D eigenvalue weighted by Gasteiger charge is 2.28. The van der Waals surface area contributed by atoms with Gasteiger partial charge in [0.2, 0.25) is 0 Å². The second-order valence-corrected chi connectivity index (χ2v) is 7.79. The van der Waals surface area contributed by atoms with Gasteiger partial charge in [0.15, 0.2) is 0 Å². The molecule has 1 aromatic heterocycles. The lowest BCUT2D eigenvalue weighted by atomic mass is 10.0. The third-order valence-corrected chi connectivity index (χ3v) is 5.68. The van der Waals surface area contributed by atoms with Crippen LogP contribution in [0, 0.1) is 0 Å². The molecule has 2 aromatic carbocycles. The van der Waals surface area contributed by atoms with Crippen molar-refractivity contribution in [2.45, 2.75) is 18.9 Å². The molecule has 7 nitrogen and oxygen atoms in total. The molecule has 32 heavy (non-hydrogen) atoms. The fourth-order valence-corrected chi connectivity index (χ4v) is 4.02. The van der Waals surface area contributed by atoms with Gasteiger partial charge in [-0.3, -0.25) is 4.79 Å². The molecular weight excluding hydrogens is 402 g/mol. The second kappa shape index (κ2) is 9.01. The SMILES string of the molecule is C=CC(=C)N1CCCC(n2nc(-c3ccc(Oc4ccccc4)cc3)c(C(N)=O)c2N)C1. The topological polar surface area (TPSA) is 99.4 Å². The first-order chi connectivity index (χ1) is 15.5. The number of benzene rings is 2. The predicted molar refractivity (Wildman–Crippen MR) is 126 cm³/mol. The molecule has 1 amide bonds. The number of carbonyl (C=O) groups excluding carboxylic acids is 1. The molecule has 0 aliphatic carbocycles. The monoisotopic (exact) mass is 429 g/mol. The minimum absolute atomic E-state index is 0.00740. The smallest absolute Gasteiger partial charge is 0.254 e. The molecule has 1 fully saturated rings. The third-order valence-electron chi connectivity index (χ3n) is 5.68. The Bertz CT molecular complexity index is 1140. The first-order valence-corrected chi connectivity index (χ1v) is 10.6. The number of piperidine rings is 1. The molecule has 4 N–H and O–H groups in total. The van der Waals surface area contributed by atoms with E-state index in [1.54, 1.807) is 10.8 Å². The van der Waals surface area contributed by atoms with Gasteiger partial charge in [-0.15, -0.1) is 0 Å². The molecule has 0 bridgehead atoms. The number of nitrogens with zero attached hydrogens (tertiary/aromatic N) is 3. The van der Waals surface area contributed by atoms with Crippen LogP contribution >= 0.6 is 0 Å². The molecule has 3 aromatic rings. The summed E-state index contributed by atoms with van der Waals surface area (Å²) in [6.45, 7) is 9.45. The van der Waals surface area contributed by atoms with Crippen molar-refractivity contribution in [3.05, 3.63) is 85.1 Å². The van der Waals surface area contributed by atoms with Crippen LogP contribution in [-0.2, 0) is 0 Å². The molecule has 1 aliphatic rings. The van der Waals surface area contributed by atoms with Gasteiger partial charge in [0.25, 0.3) is 5.91 Å². The van der Waals surface area contributed by atoms with Gasteiger partial charge in [-0.25, -0.2) is 4.68 Å². The van der Waals surface area contributed by atoms with Crippen LogP contribution in [0.15, 0.2) is 79.5 Å². The Balaban J connectivity index is 1.63. The first-order valence-electron chi connectivity index (χ1n) is 10.6. The number of para-hydroxylation sites is 1. The first kappa shape index (κ1) is 21.2. The summed E-state index contributed by atoms with van der Waals surface area (Å²) in [4.78, 5) is 14.4. The lowest BCUT2D eigenvalue weighted by Gasteiger charge is -2.35. The number of carbonyl (C=O) groups is 1. The molecule has 1 atom stereocenters. The van der Waals surface area contributed by atoms with Gasteiger partial charge in [0, 0.05) is 24.4 Å². The van der Waals surface area contributed by atoms with Gasteiger partial charge in [-0.05, 0) is 55.3 Å². The third kappa shape index (κ3) is 4.23. The van der Waals surface area contributed by atoms with Crippen LogP contribution in [0.3, 0.4) is 0 Å². The van der Waals surface area contributed by atoms with Crippen LogP contribution in [0.4, 0.5) is 5.82 Å². The largest absolute Gasteiger partial charge is 0.457 e. The maximum absolute atomic E-state index is 12.3. The highest BCUT2D eigenvalue weighted by Crippen LogP contribution is 2.33. The predicted octanol–water partition coefficient (Wildman–Crippen LogP) is 4.36. The number of likely N-dealkylation sites (tertiary alicyclic amines) is 1. The van der Waals surface area contributed by atoms with E-state index in [1.807, 2.05) is 54.6 Å². The summed E-state index contributed by atoms with van der Waals surface area (Å²) < 4.78 is 7.58. The molecule has 0 saturated carbocycles. The minimum atomic E-state index is -0.600. The lowest BCUT2D eigenvalue weighted by Crippen LogP contribution is -2.36. The number of hydrogen-bond acceptors (Lipinski definition) is 5. The molecule has 2 heterocycles. The Morgan fingerprint density at radius 1 is 1.12 bits per heavy atom. The number of nitrogen functional groups attached to an aromatic ring is 1. The molecular formula is C25H27N5O2. The molecule has 0 radical (unpaired) electrons. The van der Waals surface area contributed by atoms with Gasteiger partial charge in [0.1, 0.15) is 28.6 Å². The number of hydrogen-bond donors (Lipinski definition) is 2. The van der Waals surface area contributed by atoms with Crippen molar-refractivity contribution < 1.29 is 9.53 Å². The van der Waals surface area contributed by atoms with Crippen LogP contribution in [0.5, 0.6) is 11.5 Å². The minimum Gasteiger partial charge on any atom is -0.457 e. The Labute approximate surface area is 187 Å². The van der Waals surface area contributed by atoms with Crippen LogP contribution < -0.4 is 16.2 Å². The standard InChI is InChI=1S/C25H27N5O2/c1-3-17(2)29-15-7-8-19(16-29)30-24(26)22(25(27)31)23(28-30)18-11-13-21(14-12-18)32-20-9-5-4-6-10-20/h3-6,9-14,19H,1-2,7-8,15-16,26H2,(H2,27,31). The quantitative estimate of drug-likeness (QED) is 0.544. The Morgan fingerprint density at radius 2 is 1.81 bits per heavy atom. The zero-order valence-corrected chi connectivity index (χ0v) is 17.9. The van der Waals surface area contributed by atoms with Crippen molar-refractivity contribution in [2.24, 2.45) is 5.73 Å². The van der Waals surface area contributed by atoms with Crippen LogP contribution in [0.25, 0.3) is 11.3 Å². The Morgan fingerprint density at radius 3 is 2.47 bits per heavy atom. The van der Waals surface area contributed by atoms with E-state index in [-0.39, 0.29) is 17.4 Å². The van der Waals surface area contributed by atoms with E-state index < -0.39 is 5.91 Å². The summed E-state index contributed by atoms with van der Waals surface area (Å²) >= 11 is 0. The number of allylic oxidation sites excluding steroid dienone is 1.